The molecule has 3 heterocycles. The van der Waals surface area contributed by atoms with Crippen molar-refractivity contribution in [2.75, 3.05) is 6.61 Å². The summed E-state index contributed by atoms with van der Waals surface area (Å²) in [6.45, 7) is -2.37. The fraction of sp³-hybridized carbons (Fsp3) is 0.259. The SMILES string of the molecule is Cn1cc2cc(-n3nc4ccc(OCC5CCC5)nc4c(-c4ccc(OC(F)F)cc4)c3=O)ccc2n1. The molecule has 188 valence electrons. The van der Waals surface area contributed by atoms with Gasteiger partial charge in [-0.05, 0) is 60.7 Å². The van der Waals surface area contributed by atoms with Crippen LogP contribution in [0.25, 0.3) is 38.8 Å². The van der Waals surface area contributed by atoms with Gasteiger partial charge in [-0.2, -0.15) is 23.7 Å². The van der Waals surface area contributed by atoms with Crippen LogP contribution in [0.4, 0.5) is 8.78 Å². The largest absolute Gasteiger partial charge is 0.477 e. The Kier molecular flexibility index (Phi) is 5.78. The fourth-order valence-corrected chi connectivity index (χ4v) is 4.51. The molecule has 2 aromatic carbocycles. The monoisotopic (exact) mass is 503 g/mol. The van der Waals surface area contributed by atoms with Crippen molar-refractivity contribution < 1.29 is 18.3 Å². The molecule has 10 heteroatoms. The second-order valence-electron chi connectivity index (χ2n) is 9.17. The molecular formula is C27H23F2N5O3. The molecule has 0 atom stereocenters. The lowest BCUT2D eigenvalue weighted by atomic mass is 9.86. The first-order valence-electron chi connectivity index (χ1n) is 12.0. The molecule has 1 saturated carbocycles. The zero-order valence-electron chi connectivity index (χ0n) is 20.0. The Balaban J connectivity index is 1.50. The second kappa shape index (κ2) is 9.27. The topological polar surface area (TPSA) is 84.1 Å². The maximum atomic E-state index is 13.9. The third kappa shape index (κ3) is 4.50. The number of alkyl halides is 2. The molecular weight excluding hydrogens is 480 g/mol. The van der Waals surface area contributed by atoms with Gasteiger partial charge >= 0.3 is 6.61 Å². The van der Waals surface area contributed by atoms with E-state index in [9.17, 15) is 13.6 Å². The molecule has 0 amide bonds. The van der Waals surface area contributed by atoms with E-state index in [0.717, 1.165) is 23.7 Å². The summed E-state index contributed by atoms with van der Waals surface area (Å²) >= 11 is 0. The Morgan fingerprint density at radius 2 is 1.81 bits per heavy atom. The van der Waals surface area contributed by atoms with Gasteiger partial charge in [-0.15, -0.1) is 0 Å². The van der Waals surface area contributed by atoms with Crippen molar-refractivity contribution in [1.82, 2.24) is 24.5 Å². The summed E-state index contributed by atoms with van der Waals surface area (Å²) in [5.74, 6) is 0.929. The number of halogens is 2. The van der Waals surface area contributed by atoms with Gasteiger partial charge in [-0.3, -0.25) is 9.48 Å². The van der Waals surface area contributed by atoms with Crippen molar-refractivity contribution in [3.63, 3.8) is 0 Å². The van der Waals surface area contributed by atoms with Crippen molar-refractivity contribution in [2.45, 2.75) is 25.9 Å². The first-order valence-corrected chi connectivity index (χ1v) is 12.0. The van der Waals surface area contributed by atoms with Crippen molar-refractivity contribution >= 4 is 21.9 Å². The van der Waals surface area contributed by atoms with Crippen LogP contribution in [0.5, 0.6) is 11.6 Å². The smallest absolute Gasteiger partial charge is 0.387 e. The van der Waals surface area contributed by atoms with E-state index >= 15 is 0 Å². The molecule has 3 aromatic heterocycles. The Morgan fingerprint density at radius 3 is 2.54 bits per heavy atom. The van der Waals surface area contributed by atoms with Crippen LogP contribution in [0, 0.1) is 5.92 Å². The van der Waals surface area contributed by atoms with E-state index in [1.807, 2.05) is 25.4 Å². The zero-order valence-corrected chi connectivity index (χ0v) is 20.0. The Labute approximate surface area is 210 Å². The lowest BCUT2D eigenvalue weighted by Crippen LogP contribution is -2.24. The number of fused-ring (bicyclic) bond motifs is 2. The Morgan fingerprint density at radius 1 is 1.03 bits per heavy atom. The first kappa shape index (κ1) is 23.1. The second-order valence-corrected chi connectivity index (χ2v) is 9.17. The molecule has 1 fully saturated rings. The number of hydrogen-bond donors (Lipinski definition) is 0. The summed E-state index contributed by atoms with van der Waals surface area (Å²) in [5.41, 5.74) is 2.61. The number of hydrogen-bond acceptors (Lipinski definition) is 6. The van der Waals surface area contributed by atoms with E-state index in [2.05, 4.69) is 19.9 Å². The quantitative estimate of drug-likeness (QED) is 0.307. The van der Waals surface area contributed by atoms with Crippen LogP contribution in [0.15, 0.2) is 65.6 Å². The highest BCUT2D eigenvalue weighted by molar-refractivity contribution is 5.91. The predicted octanol–water partition coefficient (Wildman–Crippen LogP) is 5.11. The maximum Gasteiger partial charge on any atom is 0.387 e. The third-order valence-corrected chi connectivity index (χ3v) is 6.61. The molecule has 0 bridgehead atoms. The van der Waals surface area contributed by atoms with Gasteiger partial charge in [0.05, 0.1) is 23.4 Å². The van der Waals surface area contributed by atoms with Crippen LogP contribution in [0.3, 0.4) is 0 Å². The highest BCUT2D eigenvalue weighted by Crippen LogP contribution is 2.30. The molecule has 0 saturated heterocycles. The molecule has 37 heavy (non-hydrogen) atoms. The van der Waals surface area contributed by atoms with Crippen molar-refractivity contribution in [2.24, 2.45) is 13.0 Å². The number of rotatable bonds is 7. The number of nitrogens with zero attached hydrogens (tertiary/aromatic N) is 5. The van der Waals surface area contributed by atoms with Crippen LogP contribution in [-0.4, -0.2) is 37.8 Å². The minimum Gasteiger partial charge on any atom is -0.477 e. The normalized spacial score (nSPS) is 13.8. The van der Waals surface area contributed by atoms with E-state index in [1.165, 1.54) is 23.2 Å². The molecule has 8 nitrogen and oxygen atoms in total. The summed E-state index contributed by atoms with van der Waals surface area (Å²) in [6.07, 6.45) is 5.35. The molecule has 6 rings (SSSR count). The molecule has 5 aromatic rings. The van der Waals surface area contributed by atoms with Gasteiger partial charge in [0.2, 0.25) is 5.88 Å². The fourth-order valence-electron chi connectivity index (χ4n) is 4.51. The summed E-state index contributed by atoms with van der Waals surface area (Å²) in [7, 11) is 1.83. The maximum absolute atomic E-state index is 13.9. The molecule has 0 unspecified atom stereocenters. The summed E-state index contributed by atoms with van der Waals surface area (Å²) in [4.78, 5) is 18.5. The van der Waals surface area contributed by atoms with Gasteiger partial charge in [0.15, 0.2) is 0 Å². The summed E-state index contributed by atoms with van der Waals surface area (Å²) in [6, 6.07) is 14.9. The van der Waals surface area contributed by atoms with Gasteiger partial charge in [0, 0.05) is 24.7 Å². The van der Waals surface area contributed by atoms with Crippen LogP contribution in [0.2, 0.25) is 0 Å². The number of aromatic nitrogens is 5. The lowest BCUT2D eigenvalue weighted by molar-refractivity contribution is -0.0498. The lowest BCUT2D eigenvalue weighted by Gasteiger charge is -2.24. The zero-order chi connectivity index (χ0) is 25.5. The minimum absolute atomic E-state index is 0.00283. The predicted molar refractivity (Wildman–Crippen MR) is 134 cm³/mol. The molecule has 1 aliphatic carbocycles. The van der Waals surface area contributed by atoms with Gasteiger partial charge < -0.3 is 9.47 Å². The van der Waals surface area contributed by atoms with Crippen LogP contribution in [0.1, 0.15) is 19.3 Å². The molecule has 1 aliphatic rings. The summed E-state index contributed by atoms with van der Waals surface area (Å²) < 4.78 is 38.7. The molecule has 0 spiro atoms. The van der Waals surface area contributed by atoms with E-state index in [4.69, 9.17) is 4.74 Å². The Hall–Kier alpha value is -4.34. The van der Waals surface area contributed by atoms with Crippen LogP contribution >= 0.6 is 0 Å². The number of benzene rings is 2. The minimum atomic E-state index is -2.94. The number of ether oxygens (including phenoxy) is 2. The van der Waals surface area contributed by atoms with Crippen LogP contribution < -0.4 is 15.0 Å². The summed E-state index contributed by atoms with van der Waals surface area (Å²) in [5, 5.41) is 9.85. The van der Waals surface area contributed by atoms with E-state index in [-0.39, 0.29) is 11.3 Å². The average Bonchev–Trinajstić information content (AvgIpc) is 3.22. The molecule has 0 radical (unpaired) electrons. The average molecular weight is 504 g/mol. The van der Waals surface area contributed by atoms with Crippen molar-refractivity contribution in [1.29, 1.82) is 0 Å². The van der Waals surface area contributed by atoms with E-state index < -0.39 is 12.2 Å². The van der Waals surface area contributed by atoms with Gasteiger partial charge in [0.25, 0.3) is 5.56 Å². The first-order chi connectivity index (χ1) is 17.9. The Bertz CT molecular complexity index is 1660. The standard InChI is InChI=1S/C27H23F2N5O3/c1-33-14-18-13-19(7-10-21(18)31-33)34-26(35)24(17-5-8-20(9-6-17)37-27(28)29)25-22(32-34)11-12-23(30-25)36-15-16-3-2-4-16/h5-14,16,27H,2-4,15H2,1H3. The number of aryl methyl sites for hydroxylation is 1. The number of pyridine rings is 1. The van der Waals surface area contributed by atoms with Gasteiger partial charge in [-0.1, -0.05) is 18.6 Å². The molecule has 0 aliphatic heterocycles. The third-order valence-electron chi connectivity index (χ3n) is 6.61. The van der Waals surface area contributed by atoms with Crippen LogP contribution in [-0.2, 0) is 7.05 Å². The highest BCUT2D eigenvalue weighted by atomic mass is 19.3. The van der Waals surface area contributed by atoms with Crippen molar-refractivity contribution in [3.8, 4) is 28.4 Å². The molecule has 0 N–H and O–H groups in total. The van der Waals surface area contributed by atoms with Gasteiger partial charge in [-0.25, -0.2) is 4.98 Å². The van der Waals surface area contributed by atoms with Crippen molar-refractivity contribution in [3.05, 3.63) is 71.1 Å². The van der Waals surface area contributed by atoms with E-state index in [1.54, 1.807) is 35.0 Å². The van der Waals surface area contributed by atoms with E-state index in [0.29, 0.717) is 40.7 Å². The van der Waals surface area contributed by atoms with Gasteiger partial charge in [0.1, 0.15) is 16.8 Å². The highest BCUT2D eigenvalue weighted by Gasteiger charge is 2.20.